The number of amides is 1. The number of carbonyl (C=O) groups excluding carboxylic acids is 1. The van der Waals surface area contributed by atoms with Crippen LogP contribution in [0.3, 0.4) is 0 Å². The predicted octanol–water partition coefficient (Wildman–Crippen LogP) is 4.57. The fourth-order valence-electron chi connectivity index (χ4n) is 2.06. The maximum absolute atomic E-state index is 12.9. The molecule has 2 N–H and O–H groups in total. The van der Waals surface area contributed by atoms with E-state index in [1.807, 2.05) is 19.1 Å². The Morgan fingerprint density at radius 3 is 2.40 bits per heavy atom. The molecule has 0 aliphatic rings. The molecule has 2 aromatic carbocycles. The molecule has 0 saturated carbocycles. The van der Waals surface area contributed by atoms with Gasteiger partial charge >= 0.3 is 0 Å². The second-order valence-corrected chi connectivity index (χ2v) is 5.74. The van der Waals surface area contributed by atoms with E-state index in [0.717, 1.165) is 11.3 Å². The van der Waals surface area contributed by atoms with Gasteiger partial charge in [0.1, 0.15) is 17.3 Å². The third kappa shape index (κ3) is 4.30. The summed E-state index contributed by atoms with van der Waals surface area (Å²) in [4.78, 5) is 20.4. The fraction of sp³-hybridized carbons (Fsp3) is 0.0556. The van der Waals surface area contributed by atoms with Crippen molar-refractivity contribution in [3.63, 3.8) is 0 Å². The number of hydrogen-bond donors (Lipinski definition) is 2. The monoisotopic (exact) mass is 356 g/mol. The lowest BCUT2D eigenvalue weighted by Crippen LogP contribution is -2.14. The first-order valence-corrected chi connectivity index (χ1v) is 7.81. The first-order chi connectivity index (χ1) is 12.0. The molecule has 0 unspecified atom stereocenters. The molecule has 0 radical (unpaired) electrons. The van der Waals surface area contributed by atoms with Crippen LogP contribution in [-0.2, 0) is 0 Å². The van der Waals surface area contributed by atoms with Crippen LogP contribution in [0.15, 0.2) is 54.9 Å². The van der Waals surface area contributed by atoms with Crippen LogP contribution < -0.4 is 10.6 Å². The molecule has 1 heterocycles. The summed E-state index contributed by atoms with van der Waals surface area (Å²) in [7, 11) is 0. The zero-order chi connectivity index (χ0) is 17.8. The summed E-state index contributed by atoms with van der Waals surface area (Å²) in [6, 6.07) is 11.0. The average Bonchev–Trinajstić information content (AvgIpc) is 2.61. The molecule has 25 heavy (non-hydrogen) atoms. The third-order valence-electron chi connectivity index (χ3n) is 3.43. The normalized spacial score (nSPS) is 10.4. The van der Waals surface area contributed by atoms with E-state index in [1.165, 1.54) is 36.7 Å². The molecule has 0 saturated heterocycles. The zero-order valence-corrected chi connectivity index (χ0v) is 14.0. The van der Waals surface area contributed by atoms with Crippen LogP contribution in [-0.4, -0.2) is 15.9 Å². The molecule has 126 valence electrons. The zero-order valence-electron chi connectivity index (χ0n) is 13.3. The summed E-state index contributed by atoms with van der Waals surface area (Å²) in [5.74, 6) is -0.313. The maximum Gasteiger partial charge on any atom is 0.275 e. The number of halogens is 2. The van der Waals surface area contributed by atoms with Crippen LogP contribution in [0.2, 0.25) is 5.02 Å². The number of hydrogen-bond acceptors (Lipinski definition) is 4. The van der Waals surface area contributed by atoms with Crippen LogP contribution in [0.4, 0.5) is 21.6 Å². The fourth-order valence-corrected chi connectivity index (χ4v) is 2.24. The van der Waals surface area contributed by atoms with Crippen LogP contribution in [0.25, 0.3) is 0 Å². The molecule has 3 rings (SSSR count). The standard InChI is InChI=1S/C18H14ClFN4O/c1-11-2-5-14(8-15(11)19)23-17-10-21-16(9-22-17)18(25)24-13-6-3-12(20)4-7-13/h2-10H,1H3,(H,22,23)(H,24,25). The highest BCUT2D eigenvalue weighted by Gasteiger charge is 2.09. The number of anilines is 3. The Morgan fingerprint density at radius 1 is 1.04 bits per heavy atom. The van der Waals surface area contributed by atoms with E-state index in [1.54, 1.807) is 6.07 Å². The van der Waals surface area contributed by atoms with Crippen LogP contribution in [0.5, 0.6) is 0 Å². The maximum atomic E-state index is 12.9. The SMILES string of the molecule is Cc1ccc(Nc2cnc(C(=O)Nc3ccc(F)cc3)cn2)cc1Cl. The minimum absolute atomic E-state index is 0.150. The van der Waals surface area contributed by atoms with Crippen LogP contribution in [0, 0.1) is 12.7 Å². The second-order valence-electron chi connectivity index (χ2n) is 5.34. The van der Waals surface area contributed by atoms with Crippen molar-refractivity contribution < 1.29 is 9.18 Å². The molecule has 0 fully saturated rings. The van der Waals surface area contributed by atoms with Crippen molar-refractivity contribution in [3.05, 3.63) is 77.0 Å². The van der Waals surface area contributed by atoms with Crippen molar-refractivity contribution in [1.82, 2.24) is 9.97 Å². The number of aromatic nitrogens is 2. The van der Waals surface area contributed by atoms with Gasteiger partial charge in [-0.05, 0) is 48.9 Å². The Bertz CT molecular complexity index is 898. The lowest BCUT2D eigenvalue weighted by atomic mass is 10.2. The van der Waals surface area contributed by atoms with E-state index in [-0.39, 0.29) is 11.5 Å². The van der Waals surface area contributed by atoms with Crippen molar-refractivity contribution >= 4 is 34.7 Å². The molecule has 3 aromatic rings. The van der Waals surface area contributed by atoms with Gasteiger partial charge in [-0.15, -0.1) is 0 Å². The number of carbonyl (C=O) groups is 1. The van der Waals surface area contributed by atoms with Crippen molar-refractivity contribution in [2.24, 2.45) is 0 Å². The largest absolute Gasteiger partial charge is 0.339 e. The van der Waals surface area contributed by atoms with Gasteiger partial charge in [-0.3, -0.25) is 4.79 Å². The summed E-state index contributed by atoms with van der Waals surface area (Å²) < 4.78 is 12.9. The molecule has 5 nitrogen and oxygen atoms in total. The average molecular weight is 357 g/mol. The van der Waals surface area contributed by atoms with Gasteiger partial charge in [-0.25, -0.2) is 14.4 Å². The molecule has 1 amide bonds. The van der Waals surface area contributed by atoms with Crippen molar-refractivity contribution in [3.8, 4) is 0 Å². The van der Waals surface area contributed by atoms with Crippen molar-refractivity contribution in [2.45, 2.75) is 6.92 Å². The molecule has 7 heteroatoms. The quantitative estimate of drug-likeness (QED) is 0.718. The Labute approximate surface area is 148 Å². The van der Waals surface area contributed by atoms with E-state index >= 15 is 0 Å². The highest BCUT2D eigenvalue weighted by molar-refractivity contribution is 6.31. The lowest BCUT2D eigenvalue weighted by molar-refractivity contribution is 0.102. The highest BCUT2D eigenvalue weighted by Crippen LogP contribution is 2.22. The van der Waals surface area contributed by atoms with E-state index in [4.69, 9.17) is 11.6 Å². The minimum Gasteiger partial charge on any atom is -0.339 e. The van der Waals surface area contributed by atoms with Gasteiger partial charge in [0.05, 0.1) is 12.4 Å². The second kappa shape index (κ2) is 7.27. The van der Waals surface area contributed by atoms with Gasteiger partial charge < -0.3 is 10.6 Å². The van der Waals surface area contributed by atoms with E-state index in [0.29, 0.717) is 16.5 Å². The number of nitrogens with one attached hydrogen (secondary N) is 2. The number of rotatable bonds is 4. The first kappa shape index (κ1) is 16.9. The summed E-state index contributed by atoms with van der Waals surface area (Å²) in [5.41, 5.74) is 2.38. The molecule has 0 atom stereocenters. The number of nitrogens with zero attached hydrogens (tertiary/aromatic N) is 2. The molecule has 1 aromatic heterocycles. The van der Waals surface area contributed by atoms with Crippen molar-refractivity contribution in [1.29, 1.82) is 0 Å². The Morgan fingerprint density at radius 2 is 1.76 bits per heavy atom. The molecular weight excluding hydrogens is 343 g/mol. The number of benzene rings is 2. The van der Waals surface area contributed by atoms with Gasteiger partial charge in [0.2, 0.25) is 0 Å². The minimum atomic E-state index is -0.427. The summed E-state index contributed by atoms with van der Waals surface area (Å²) in [6.45, 7) is 1.92. The summed E-state index contributed by atoms with van der Waals surface area (Å²) >= 11 is 6.08. The Hall–Kier alpha value is -2.99. The molecule has 0 aliphatic heterocycles. The lowest BCUT2D eigenvalue weighted by Gasteiger charge is -2.08. The predicted molar refractivity (Wildman–Crippen MR) is 95.9 cm³/mol. The van der Waals surface area contributed by atoms with Crippen molar-refractivity contribution in [2.75, 3.05) is 10.6 Å². The van der Waals surface area contributed by atoms with E-state index in [9.17, 15) is 9.18 Å². The van der Waals surface area contributed by atoms with Gasteiger partial charge in [0.25, 0.3) is 5.91 Å². The molecule has 0 bridgehead atoms. The summed E-state index contributed by atoms with van der Waals surface area (Å²) in [6.07, 6.45) is 2.81. The van der Waals surface area contributed by atoms with Gasteiger partial charge in [-0.2, -0.15) is 0 Å². The van der Waals surface area contributed by atoms with E-state index < -0.39 is 5.91 Å². The molecular formula is C18H14ClFN4O. The third-order valence-corrected chi connectivity index (χ3v) is 3.84. The summed E-state index contributed by atoms with van der Waals surface area (Å²) in [5, 5.41) is 6.33. The smallest absolute Gasteiger partial charge is 0.275 e. The topological polar surface area (TPSA) is 66.9 Å². The first-order valence-electron chi connectivity index (χ1n) is 7.43. The van der Waals surface area contributed by atoms with Gasteiger partial charge in [-0.1, -0.05) is 17.7 Å². The van der Waals surface area contributed by atoms with Crippen LogP contribution in [0.1, 0.15) is 16.1 Å². The van der Waals surface area contributed by atoms with Gasteiger partial charge in [0, 0.05) is 16.4 Å². The van der Waals surface area contributed by atoms with Gasteiger partial charge in [0.15, 0.2) is 0 Å². The van der Waals surface area contributed by atoms with E-state index in [2.05, 4.69) is 20.6 Å². The number of aryl methyl sites for hydroxylation is 1. The molecule has 0 aliphatic carbocycles. The Kier molecular flexibility index (Phi) is 4.90. The molecule has 0 spiro atoms. The highest BCUT2D eigenvalue weighted by atomic mass is 35.5. The van der Waals surface area contributed by atoms with Crippen LogP contribution >= 0.6 is 11.6 Å². The Balaban J connectivity index is 1.67.